The van der Waals surface area contributed by atoms with Gasteiger partial charge in [-0.15, -0.1) is 0 Å². The van der Waals surface area contributed by atoms with Crippen molar-refractivity contribution < 1.29 is 31.9 Å². The highest BCUT2D eigenvalue weighted by Crippen LogP contribution is 2.35. The summed E-state index contributed by atoms with van der Waals surface area (Å²) in [6.45, 7) is 6.17. The van der Waals surface area contributed by atoms with Gasteiger partial charge < -0.3 is 25.6 Å². The molecule has 0 atom stereocenters. The van der Waals surface area contributed by atoms with Crippen LogP contribution in [0.5, 0.6) is 11.5 Å². The molecule has 1 fully saturated rings. The maximum Gasteiger partial charge on any atom is 0.416 e. The van der Waals surface area contributed by atoms with Crippen LogP contribution in [0.1, 0.15) is 35.0 Å². The van der Waals surface area contributed by atoms with Gasteiger partial charge in [0.15, 0.2) is 0 Å². The first-order chi connectivity index (χ1) is 20.0. The number of anilines is 2. The fourth-order valence-electron chi connectivity index (χ4n) is 4.59. The van der Waals surface area contributed by atoms with E-state index in [2.05, 4.69) is 32.8 Å². The quantitative estimate of drug-likeness (QED) is 0.283. The zero-order valence-corrected chi connectivity index (χ0v) is 23.2. The minimum absolute atomic E-state index is 0.0821. The normalized spacial score (nSPS) is 14.3. The Labute approximate surface area is 240 Å². The van der Waals surface area contributed by atoms with Crippen LogP contribution in [0.3, 0.4) is 0 Å². The molecule has 2 aromatic carbocycles. The Bertz CT molecular complexity index is 1410. The molecule has 1 aliphatic heterocycles. The van der Waals surface area contributed by atoms with Gasteiger partial charge in [0.25, 0.3) is 5.91 Å². The molecule has 9 nitrogen and oxygen atoms in total. The molecular weight excluding hydrogens is 556 g/mol. The topological polar surface area (TPSA) is 98.8 Å². The van der Waals surface area contributed by atoms with E-state index in [4.69, 9.17) is 4.74 Å². The number of nitrogens with zero attached hydrogens (tertiary/aromatic N) is 3. The number of alkyl halides is 3. The molecule has 224 valence electrons. The van der Waals surface area contributed by atoms with Crippen molar-refractivity contribution in [1.82, 2.24) is 20.1 Å². The number of pyridine rings is 1. The molecule has 0 saturated carbocycles. The summed E-state index contributed by atoms with van der Waals surface area (Å²) in [4.78, 5) is 32.5. The summed E-state index contributed by atoms with van der Waals surface area (Å²) in [7, 11) is 1.45. The first-order valence-electron chi connectivity index (χ1n) is 13.4. The molecule has 0 unspecified atom stereocenters. The molecule has 1 aromatic heterocycles. The van der Waals surface area contributed by atoms with E-state index < -0.39 is 29.5 Å². The first kappa shape index (κ1) is 30.7. The summed E-state index contributed by atoms with van der Waals surface area (Å²) < 4.78 is 62.0. The summed E-state index contributed by atoms with van der Waals surface area (Å²) in [5.74, 6) is -0.933. The lowest BCUT2D eigenvalue weighted by atomic mass is 10.0. The average molecular weight is 589 g/mol. The minimum atomic E-state index is -4.62. The zero-order chi connectivity index (χ0) is 30.3. The number of carbonyl (C=O) groups excluding carboxylic acids is 2. The lowest BCUT2D eigenvalue weighted by molar-refractivity contribution is -0.138. The predicted octanol–water partition coefficient (Wildman–Crippen LogP) is 5.56. The van der Waals surface area contributed by atoms with Crippen molar-refractivity contribution in [3.05, 3.63) is 77.4 Å². The van der Waals surface area contributed by atoms with Crippen molar-refractivity contribution >= 4 is 23.3 Å². The van der Waals surface area contributed by atoms with Crippen LogP contribution in [0.25, 0.3) is 0 Å². The average Bonchev–Trinajstić information content (AvgIpc) is 2.95. The highest BCUT2D eigenvalue weighted by Gasteiger charge is 2.34. The van der Waals surface area contributed by atoms with E-state index >= 15 is 0 Å². The number of amides is 3. The van der Waals surface area contributed by atoms with Crippen LogP contribution < -0.4 is 20.7 Å². The van der Waals surface area contributed by atoms with E-state index in [1.54, 1.807) is 0 Å². The number of benzene rings is 2. The van der Waals surface area contributed by atoms with Crippen LogP contribution in [-0.2, 0) is 12.7 Å². The third-order valence-corrected chi connectivity index (χ3v) is 6.69. The van der Waals surface area contributed by atoms with Gasteiger partial charge in [0.05, 0.1) is 11.3 Å². The minimum Gasteiger partial charge on any atom is -0.457 e. The van der Waals surface area contributed by atoms with Gasteiger partial charge in [0.2, 0.25) is 0 Å². The second-order valence-corrected chi connectivity index (χ2v) is 9.77. The molecule has 2 heterocycles. The second kappa shape index (κ2) is 13.6. The van der Waals surface area contributed by atoms with Gasteiger partial charge in [0, 0.05) is 63.8 Å². The molecule has 1 aliphatic rings. The fourth-order valence-corrected chi connectivity index (χ4v) is 4.59. The summed E-state index contributed by atoms with van der Waals surface area (Å²) in [5, 5.41) is 7.08. The lowest BCUT2D eigenvalue weighted by Gasteiger charge is -2.35. The largest absolute Gasteiger partial charge is 0.457 e. The number of halogens is 4. The third-order valence-electron chi connectivity index (χ3n) is 6.69. The third kappa shape index (κ3) is 8.17. The summed E-state index contributed by atoms with van der Waals surface area (Å²) in [6.07, 6.45) is -2.23. The Morgan fingerprint density at radius 2 is 1.67 bits per heavy atom. The number of carbonyl (C=O) groups is 2. The van der Waals surface area contributed by atoms with E-state index in [0.717, 1.165) is 38.2 Å². The standard InChI is InChI=1S/C29H32F4N6O3/c1-3-10-38-11-13-39(14-12-38)18-19-4-5-20(15-23(19)29(31,32)33)36-28(41)37-25-7-6-21(16-24(25)30)42-22-8-9-35-26(17-22)27(40)34-2/h4-9,15-17H,3,10-14,18H2,1-2H3,(H,34,40)(H2,36,37,41). The SMILES string of the molecule is CCCN1CCN(Cc2ccc(NC(=O)Nc3ccc(Oc4ccnc(C(=O)NC)c4)cc3F)cc2C(F)(F)F)CC1. The van der Waals surface area contributed by atoms with Crippen LogP contribution in [-0.4, -0.2) is 66.5 Å². The van der Waals surface area contributed by atoms with Crippen LogP contribution in [0.2, 0.25) is 0 Å². The summed E-state index contributed by atoms with van der Waals surface area (Å²) in [5.41, 5.74) is -0.899. The number of urea groups is 1. The van der Waals surface area contributed by atoms with Crippen molar-refractivity contribution in [2.45, 2.75) is 26.1 Å². The predicted molar refractivity (Wildman–Crippen MR) is 150 cm³/mol. The molecule has 0 radical (unpaired) electrons. The van der Waals surface area contributed by atoms with E-state index in [1.807, 2.05) is 4.90 Å². The molecule has 1 saturated heterocycles. The smallest absolute Gasteiger partial charge is 0.416 e. The molecule has 0 bridgehead atoms. The Balaban J connectivity index is 1.39. The van der Waals surface area contributed by atoms with Crippen molar-refractivity contribution in [3.63, 3.8) is 0 Å². The van der Waals surface area contributed by atoms with Gasteiger partial charge in [-0.2, -0.15) is 13.2 Å². The molecule has 3 aromatic rings. The van der Waals surface area contributed by atoms with E-state index in [-0.39, 0.29) is 40.7 Å². The molecule has 0 spiro atoms. The number of hydrogen-bond donors (Lipinski definition) is 3. The van der Waals surface area contributed by atoms with E-state index in [1.165, 1.54) is 49.6 Å². The number of ether oxygens (including phenoxy) is 1. The molecular formula is C29H32F4N6O3. The Kier molecular flexibility index (Phi) is 9.96. The molecule has 0 aliphatic carbocycles. The maximum atomic E-state index is 14.7. The number of nitrogens with one attached hydrogen (secondary N) is 3. The van der Waals surface area contributed by atoms with Gasteiger partial charge in [-0.25, -0.2) is 9.18 Å². The number of piperazine rings is 1. The number of rotatable bonds is 9. The van der Waals surface area contributed by atoms with Crippen LogP contribution in [0.15, 0.2) is 54.7 Å². The van der Waals surface area contributed by atoms with Gasteiger partial charge in [0.1, 0.15) is 23.0 Å². The molecule has 4 rings (SSSR count). The van der Waals surface area contributed by atoms with Crippen LogP contribution >= 0.6 is 0 Å². The van der Waals surface area contributed by atoms with Gasteiger partial charge in [-0.3, -0.25) is 14.7 Å². The highest BCUT2D eigenvalue weighted by molar-refractivity contribution is 6.00. The molecule has 3 amide bonds. The van der Waals surface area contributed by atoms with Crippen molar-refractivity contribution in [1.29, 1.82) is 0 Å². The van der Waals surface area contributed by atoms with Crippen molar-refractivity contribution in [2.75, 3.05) is 50.4 Å². The highest BCUT2D eigenvalue weighted by atomic mass is 19.4. The number of aromatic nitrogens is 1. The van der Waals surface area contributed by atoms with Crippen LogP contribution in [0, 0.1) is 5.82 Å². The molecule has 3 N–H and O–H groups in total. The van der Waals surface area contributed by atoms with Crippen molar-refractivity contribution in [3.8, 4) is 11.5 Å². The second-order valence-electron chi connectivity index (χ2n) is 9.77. The fraction of sp³-hybridized carbons (Fsp3) is 0.345. The summed E-state index contributed by atoms with van der Waals surface area (Å²) in [6, 6.07) is 9.24. The van der Waals surface area contributed by atoms with E-state index in [9.17, 15) is 27.2 Å². The molecule has 42 heavy (non-hydrogen) atoms. The Morgan fingerprint density at radius 1 is 0.952 bits per heavy atom. The van der Waals surface area contributed by atoms with Gasteiger partial charge in [-0.1, -0.05) is 13.0 Å². The van der Waals surface area contributed by atoms with Gasteiger partial charge >= 0.3 is 12.2 Å². The molecule has 13 heteroatoms. The first-order valence-corrected chi connectivity index (χ1v) is 13.4. The Hall–Kier alpha value is -4.23. The summed E-state index contributed by atoms with van der Waals surface area (Å²) >= 11 is 0. The number of hydrogen-bond acceptors (Lipinski definition) is 6. The Morgan fingerprint density at radius 3 is 2.33 bits per heavy atom. The van der Waals surface area contributed by atoms with Crippen LogP contribution in [0.4, 0.5) is 33.7 Å². The van der Waals surface area contributed by atoms with Gasteiger partial charge in [-0.05, 0) is 48.9 Å². The lowest BCUT2D eigenvalue weighted by Crippen LogP contribution is -2.46. The van der Waals surface area contributed by atoms with E-state index in [0.29, 0.717) is 13.1 Å². The maximum absolute atomic E-state index is 14.7. The van der Waals surface area contributed by atoms with Crippen molar-refractivity contribution in [2.24, 2.45) is 0 Å². The monoisotopic (exact) mass is 588 g/mol. The zero-order valence-electron chi connectivity index (χ0n) is 23.2.